The van der Waals surface area contributed by atoms with Gasteiger partial charge >= 0.3 is 0 Å². The fourth-order valence-corrected chi connectivity index (χ4v) is 2.24. The first-order valence-corrected chi connectivity index (χ1v) is 6.83. The van der Waals surface area contributed by atoms with Crippen molar-refractivity contribution in [1.29, 1.82) is 0 Å². The van der Waals surface area contributed by atoms with Crippen LogP contribution in [0.2, 0.25) is 0 Å². The lowest BCUT2D eigenvalue weighted by Crippen LogP contribution is -2.43. The maximum Gasteiger partial charge on any atom is 0.0673 e. The molecule has 3 heteroatoms. The summed E-state index contributed by atoms with van der Waals surface area (Å²) in [6.45, 7) is 12.2. The third-order valence-corrected chi connectivity index (χ3v) is 3.19. The molecule has 0 spiro atoms. The molecule has 0 amide bonds. The van der Waals surface area contributed by atoms with Crippen LogP contribution in [0.5, 0.6) is 0 Å². The summed E-state index contributed by atoms with van der Waals surface area (Å²) in [5.74, 6) is 0. The number of hydrogen-bond donors (Lipinski definition) is 1. The van der Waals surface area contributed by atoms with Crippen molar-refractivity contribution in [3.8, 4) is 0 Å². The highest BCUT2D eigenvalue weighted by atomic mass is 16.5. The molecule has 0 radical (unpaired) electrons. The molecule has 3 nitrogen and oxygen atoms in total. The molecule has 1 aliphatic rings. The van der Waals surface area contributed by atoms with Crippen LogP contribution in [0, 0.1) is 0 Å². The predicted molar refractivity (Wildman–Crippen MR) is 68.8 cm³/mol. The Hall–Kier alpha value is -0.120. The van der Waals surface area contributed by atoms with Gasteiger partial charge in [-0.25, -0.2) is 0 Å². The summed E-state index contributed by atoms with van der Waals surface area (Å²) >= 11 is 0. The molecular formula is C13H28N2O. The van der Waals surface area contributed by atoms with E-state index in [0.717, 1.165) is 19.7 Å². The van der Waals surface area contributed by atoms with E-state index in [1.165, 1.54) is 32.4 Å². The fourth-order valence-electron chi connectivity index (χ4n) is 2.24. The Morgan fingerprint density at radius 3 is 2.94 bits per heavy atom. The predicted octanol–water partition coefficient (Wildman–Crippen LogP) is 1.88. The van der Waals surface area contributed by atoms with Gasteiger partial charge in [0.25, 0.3) is 0 Å². The first-order valence-electron chi connectivity index (χ1n) is 6.83. The van der Waals surface area contributed by atoms with Crippen molar-refractivity contribution in [2.75, 3.05) is 32.8 Å². The molecule has 0 saturated carbocycles. The molecule has 96 valence electrons. The first kappa shape index (κ1) is 13.9. The fraction of sp³-hybridized carbons (Fsp3) is 1.00. The number of hydrogen-bond acceptors (Lipinski definition) is 3. The van der Waals surface area contributed by atoms with Gasteiger partial charge in [0.05, 0.1) is 6.10 Å². The third kappa shape index (κ3) is 5.28. The van der Waals surface area contributed by atoms with E-state index < -0.39 is 0 Å². The largest absolute Gasteiger partial charge is 0.377 e. The average molecular weight is 228 g/mol. The number of rotatable bonds is 6. The van der Waals surface area contributed by atoms with Gasteiger partial charge in [-0.05, 0) is 32.7 Å². The van der Waals surface area contributed by atoms with Crippen LogP contribution in [0.3, 0.4) is 0 Å². The molecule has 1 N–H and O–H groups in total. The van der Waals surface area contributed by atoms with Crippen LogP contribution in [0.4, 0.5) is 0 Å². The summed E-state index contributed by atoms with van der Waals surface area (Å²) in [6, 6.07) is 0.644. The van der Waals surface area contributed by atoms with Gasteiger partial charge in [-0.2, -0.15) is 0 Å². The van der Waals surface area contributed by atoms with E-state index in [1.54, 1.807) is 0 Å². The van der Waals surface area contributed by atoms with E-state index in [0.29, 0.717) is 12.1 Å². The molecule has 16 heavy (non-hydrogen) atoms. The highest BCUT2D eigenvalue weighted by molar-refractivity contribution is 4.74. The average Bonchev–Trinajstić information content (AvgIpc) is 2.48. The van der Waals surface area contributed by atoms with Gasteiger partial charge in [-0.1, -0.05) is 13.8 Å². The lowest BCUT2D eigenvalue weighted by Gasteiger charge is -2.27. The molecule has 0 aromatic rings. The number of nitrogens with zero attached hydrogens (tertiary/aromatic N) is 1. The minimum Gasteiger partial charge on any atom is -0.377 e. The molecule has 1 heterocycles. The van der Waals surface area contributed by atoms with Crippen molar-refractivity contribution < 1.29 is 4.74 Å². The van der Waals surface area contributed by atoms with Crippen LogP contribution < -0.4 is 5.32 Å². The Morgan fingerprint density at radius 2 is 2.25 bits per heavy atom. The Morgan fingerprint density at radius 1 is 1.44 bits per heavy atom. The minimum atomic E-state index is 0.395. The Kier molecular flexibility index (Phi) is 7.01. The van der Waals surface area contributed by atoms with Gasteiger partial charge in [0.15, 0.2) is 0 Å². The van der Waals surface area contributed by atoms with Gasteiger partial charge in [0.1, 0.15) is 0 Å². The van der Waals surface area contributed by atoms with Crippen LogP contribution >= 0.6 is 0 Å². The molecule has 1 rings (SSSR count). The van der Waals surface area contributed by atoms with Crippen molar-refractivity contribution in [1.82, 2.24) is 10.2 Å². The summed E-state index contributed by atoms with van der Waals surface area (Å²) in [5.41, 5.74) is 0. The van der Waals surface area contributed by atoms with Crippen LogP contribution in [0.1, 0.15) is 40.0 Å². The van der Waals surface area contributed by atoms with Crippen molar-refractivity contribution >= 4 is 0 Å². The number of ether oxygens (including phenoxy) is 1. The monoisotopic (exact) mass is 228 g/mol. The molecule has 1 fully saturated rings. The quantitative estimate of drug-likeness (QED) is 0.751. The smallest absolute Gasteiger partial charge is 0.0673 e. The Balaban J connectivity index is 2.31. The van der Waals surface area contributed by atoms with Gasteiger partial charge in [0, 0.05) is 32.3 Å². The van der Waals surface area contributed by atoms with Gasteiger partial charge in [-0.3, -0.25) is 4.90 Å². The van der Waals surface area contributed by atoms with Gasteiger partial charge in [0.2, 0.25) is 0 Å². The van der Waals surface area contributed by atoms with Gasteiger partial charge < -0.3 is 10.1 Å². The van der Waals surface area contributed by atoms with Crippen molar-refractivity contribution in [3.63, 3.8) is 0 Å². The van der Waals surface area contributed by atoms with Gasteiger partial charge in [-0.15, -0.1) is 0 Å². The molecule has 1 aliphatic heterocycles. The standard InChI is InChI=1S/C13H28N2O/c1-4-7-14-13(5-2)11-15-8-6-9-16-12(3)10-15/h12-14H,4-11H2,1-3H3. The second-order valence-corrected chi connectivity index (χ2v) is 4.85. The molecule has 2 atom stereocenters. The summed E-state index contributed by atoms with van der Waals surface area (Å²) in [4.78, 5) is 2.55. The lowest BCUT2D eigenvalue weighted by molar-refractivity contribution is 0.0663. The summed E-state index contributed by atoms with van der Waals surface area (Å²) in [6.07, 6.45) is 4.00. The third-order valence-electron chi connectivity index (χ3n) is 3.19. The highest BCUT2D eigenvalue weighted by Crippen LogP contribution is 2.07. The second-order valence-electron chi connectivity index (χ2n) is 4.85. The molecular weight excluding hydrogens is 200 g/mol. The topological polar surface area (TPSA) is 24.5 Å². The van der Waals surface area contributed by atoms with Crippen LogP contribution in [-0.2, 0) is 4.74 Å². The second kappa shape index (κ2) is 8.04. The Labute approximate surface area is 101 Å². The molecule has 2 unspecified atom stereocenters. The van der Waals surface area contributed by atoms with Crippen molar-refractivity contribution in [2.24, 2.45) is 0 Å². The molecule has 0 aromatic heterocycles. The summed E-state index contributed by atoms with van der Waals surface area (Å²) in [7, 11) is 0. The van der Waals surface area contributed by atoms with Crippen LogP contribution in [0.25, 0.3) is 0 Å². The highest BCUT2D eigenvalue weighted by Gasteiger charge is 2.17. The maximum absolute atomic E-state index is 5.67. The summed E-state index contributed by atoms with van der Waals surface area (Å²) < 4.78 is 5.67. The zero-order valence-electron chi connectivity index (χ0n) is 11.2. The first-order chi connectivity index (χ1) is 7.76. The normalized spacial score (nSPS) is 25.3. The van der Waals surface area contributed by atoms with Crippen LogP contribution in [-0.4, -0.2) is 49.8 Å². The maximum atomic E-state index is 5.67. The Bertz CT molecular complexity index is 175. The van der Waals surface area contributed by atoms with E-state index in [-0.39, 0.29) is 0 Å². The lowest BCUT2D eigenvalue weighted by atomic mass is 10.2. The molecule has 0 bridgehead atoms. The van der Waals surface area contributed by atoms with E-state index in [4.69, 9.17) is 4.74 Å². The van der Waals surface area contributed by atoms with E-state index in [9.17, 15) is 0 Å². The van der Waals surface area contributed by atoms with E-state index >= 15 is 0 Å². The summed E-state index contributed by atoms with van der Waals surface area (Å²) in [5, 5.41) is 3.62. The van der Waals surface area contributed by atoms with E-state index in [1.807, 2.05) is 0 Å². The molecule has 0 aliphatic carbocycles. The zero-order valence-corrected chi connectivity index (χ0v) is 11.2. The molecule has 0 aromatic carbocycles. The van der Waals surface area contributed by atoms with Crippen molar-refractivity contribution in [2.45, 2.75) is 52.2 Å². The minimum absolute atomic E-state index is 0.395. The molecule has 1 saturated heterocycles. The number of nitrogens with one attached hydrogen (secondary N) is 1. The van der Waals surface area contributed by atoms with E-state index in [2.05, 4.69) is 31.0 Å². The van der Waals surface area contributed by atoms with Crippen LogP contribution in [0.15, 0.2) is 0 Å². The SMILES string of the molecule is CCCNC(CC)CN1CCCOC(C)C1. The van der Waals surface area contributed by atoms with Crippen molar-refractivity contribution in [3.05, 3.63) is 0 Å². The zero-order chi connectivity index (χ0) is 11.8.